The number of hydrogen-bond acceptors (Lipinski definition) is 4. The highest BCUT2D eigenvalue weighted by Gasteiger charge is 2.48. The number of rotatable bonds is 3. The van der Waals surface area contributed by atoms with Gasteiger partial charge >= 0.3 is 0 Å². The molecular formula is C20H26ClN3O3S. The lowest BCUT2D eigenvalue weighted by Crippen LogP contribution is -2.50. The van der Waals surface area contributed by atoms with Crippen LogP contribution < -0.4 is 5.32 Å². The van der Waals surface area contributed by atoms with Crippen LogP contribution >= 0.6 is 11.6 Å². The molecule has 0 unspecified atom stereocenters. The third-order valence-corrected chi connectivity index (χ3v) is 8.51. The standard InChI is InChI=1S/C20H26ClN3O3S/c1-14-5-7-15(8-6-14)18-22-19(25)20(23-18)9-11-24(12-10-20)28(26,27)17-4-2-3-16(21)13-17/h2-4,13-15H,5-12H2,1H3,(H,22,23,25). The average Bonchev–Trinajstić information content (AvgIpc) is 2.99. The van der Waals surface area contributed by atoms with E-state index >= 15 is 0 Å². The van der Waals surface area contributed by atoms with E-state index < -0.39 is 15.6 Å². The minimum absolute atomic E-state index is 0.0686. The Labute approximate surface area is 171 Å². The van der Waals surface area contributed by atoms with E-state index in [1.807, 2.05) is 0 Å². The lowest BCUT2D eigenvalue weighted by Gasteiger charge is -2.34. The zero-order valence-electron chi connectivity index (χ0n) is 16.0. The zero-order chi connectivity index (χ0) is 19.9. The van der Waals surface area contributed by atoms with Gasteiger partial charge in [0.15, 0.2) is 0 Å². The van der Waals surface area contributed by atoms with Crippen LogP contribution in [-0.4, -0.2) is 43.1 Å². The molecular weight excluding hydrogens is 398 g/mol. The van der Waals surface area contributed by atoms with Crippen LogP contribution in [0, 0.1) is 11.8 Å². The first kappa shape index (κ1) is 19.9. The van der Waals surface area contributed by atoms with Crippen LogP contribution in [0.1, 0.15) is 45.4 Å². The van der Waals surface area contributed by atoms with Gasteiger partial charge in [0, 0.05) is 24.0 Å². The number of amides is 1. The summed E-state index contributed by atoms with van der Waals surface area (Å²) in [6, 6.07) is 6.29. The van der Waals surface area contributed by atoms with Crippen molar-refractivity contribution >= 4 is 33.4 Å². The maximum absolute atomic E-state index is 12.9. The summed E-state index contributed by atoms with van der Waals surface area (Å²) >= 11 is 5.95. The van der Waals surface area contributed by atoms with E-state index in [1.54, 1.807) is 18.2 Å². The number of nitrogens with zero attached hydrogens (tertiary/aromatic N) is 2. The van der Waals surface area contributed by atoms with E-state index in [4.69, 9.17) is 16.6 Å². The maximum atomic E-state index is 12.9. The molecule has 2 aliphatic heterocycles. The fourth-order valence-electron chi connectivity index (χ4n) is 4.48. The van der Waals surface area contributed by atoms with Gasteiger partial charge in [-0.05, 0) is 49.8 Å². The molecule has 0 atom stereocenters. The molecule has 28 heavy (non-hydrogen) atoms. The smallest absolute Gasteiger partial charge is 0.253 e. The number of sulfonamides is 1. The first-order valence-electron chi connectivity index (χ1n) is 9.97. The Morgan fingerprint density at radius 3 is 2.50 bits per heavy atom. The number of piperidine rings is 1. The first-order valence-corrected chi connectivity index (χ1v) is 11.8. The highest BCUT2D eigenvalue weighted by molar-refractivity contribution is 7.89. The van der Waals surface area contributed by atoms with Gasteiger partial charge in [-0.2, -0.15) is 4.31 Å². The largest absolute Gasteiger partial charge is 0.312 e. The van der Waals surface area contributed by atoms with E-state index in [2.05, 4.69) is 12.2 Å². The van der Waals surface area contributed by atoms with E-state index in [9.17, 15) is 13.2 Å². The highest BCUT2D eigenvalue weighted by atomic mass is 35.5. The molecule has 1 amide bonds. The van der Waals surface area contributed by atoms with Gasteiger partial charge in [0.1, 0.15) is 11.4 Å². The fraction of sp³-hybridized carbons (Fsp3) is 0.600. The molecule has 152 valence electrons. The monoisotopic (exact) mass is 423 g/mol. The van der Waals surface area contributed by atoms with Gasteiger partial charge in [-0.15, -0.1) is 0 Å². The molecule has 0 radical (unpaired) electrons. The predicted octanol–water partition coefficient (Wildman–Crippen LogP) is 3.22. The maximum Gasteiger partial charge on any atom is 0.253 e. The molecule has 1 aromatic carbocycles. The number of amidine groups is 1. The Morgan fingerprint density at radius 2 is 1.86 bits per heavy atom. The van der Waals surface area contributed by atoms with Gasteiger partial charge in [-0.1, -0.05) is 37.4 Å². The minimum atomic E-state index is -3.62. The minimum Gasteiger partial charge on any atom is -0.312 e. The average molecular weight is 424 g/mol. The van der Waals surface area contributed by atoms with E-state index in [0.29, 0.717) is 23.8 Å². The molecule has 3 aliphatic rings. The van der Waals surface area contributed by atoms with Crippen molar-refractivity contribution in [3.63, 3.8) is 0 Å². The zero-order valence-corrected chi connectivity index (χ0v) is 17.6. The third kappa shape index (κ3) is 3.60. The van der Waals surface area contributed by atoms with E-state index in [-0.39, 0.29) is 23.9 Å². The van der Waals surface area contributed by atoms with Crippen molar-refractivity contribution in [1.82, 2.24) is 9.62 Å². The Balaban J connectivity index is 1.48. The molecule has 1 aromatic rings. The number of nitrogens with one attached hydrogen (secondary N) is 1. The lowest BCUT2D eigenvalue weighted by molar-refractivity contribution is -0.125. The summed E-state index contributed by atoms with van der Waals surface area (Å²) in [5.74, 6) is 1.82. The summed E-state index contributed by atoms with van der Waals surface area (Å²) in [6.07, 6.45) is 5.27. The summed E-state index contributed by atoms with van der Waals surface area (Å²) in [4.78, 5) is 17.7. The SMILES string of the molecule is CC1CCC(C2=NC3(CCN(S(=O)(=O)c4cccc(Cl)c4)CC3)C(=O)N2)CC1. The van der Waals surface area contributed by atoms with E-state index in [0.717, 1.165) is 37.4 Å². The van der Waals surface area contributed by atoms with Gasteiger partial charge in [0.2, 0.25) is 10.0 Å². The summed E-state index contributed by atoms with van der Waals surface area (Å²) in [7, 11) is -3.62. The Bertz CT molecular complexity index is 899. The van der Waals surface area contributed by atoms with Gasteiger partial charge in [-0.25, -0.2) is 8.42 Å². The molecule has 1 spiro atoms. The number of halogens is 1. The van der Waals surface area contributed by atoms with Gasteiger partial charge in [0.25, 0.3) is 5.91 Å². The normalized spacial score (nSPS) is 28.2. The van der Waals surface area contributed by atoms with Crippen molar-refractivity contribution in [2.75, 3.05) is 13.1 Å². The van der Waals surface area contributed by atoms with Crippen LogP contribution in [0.15, 0.2) is 34.2 Å². The van der Waals surface area contributed by atoms with Crippen LogP contribution in [0.4, 0.5) is 0 Å². The molecule has 0 bridgehead atoms. The molecule has 1 saturated carbocycles. The van der Waals surface area contributed by atoms with Crippen molar-refractivity contribution in [1.29, 1.82) is 0 Å². The van der Waals surface area contributed by atoms with E-state index in [1.165, 1.54) is 10.4 Å². The summed E-state index contributed by atoms with van der Waals surface area (Å²) in [5.41, 5.74) is -0.807. The third-order valence-electron chi connectivity index (χ3n) is 6.38. The van der Waals surface area contributed by atoms with Crippen LogP contribution in [0.3, 0.4) is 0 Å². The number of benzene rings is 1. The molecule has 1 saturated heterocycles. The molecule has 2 heterocycles. The predicted molar refractivity (Wildman–Crippen MR) is 109 cm³/mol. The molecule has 0 aromatic heterocycles. The highest BCUT2D eigenvalue weighted by Crippen LogP contribution is 2.36. The van der Waals surface area contributed by atoms with Crippen molar-refractivity contribution in [3.05, 3.63) is 29.3 Å². The van der Waals surface area contributed by atoms with Crippen LogP contribution in [0.5, 0.6) is 0 Å². The topological polar surface area (TPSA) is 78.8 Å². The molecule has 2 fully saturated rings. The number of aliphatic imine (C=N–C) groups is 1. The van der Waals surface area contributed by atoms with Crippen LogP contribution in [-0.2, 0) is 14.8 Å². The summed E-state index contributed by atoms with van der Waals surface area (Å²) in [6.45, 7) is 2.82. The van der Waals surface area contributed by atoms with Crippen molar-refractivity contribution in [3.8, 4) is 0 Å². The number of carbonyl (C=O) groups excluding carboxylic acids is 1. The first-order chi connectivity index (χ1) is 13.3. The second kappa shape index (κ2) is 7.43. The van der Waals surface area contributed by atoms with Gasteiger partial charge in [0.05, 0.1) is 4.90 Å². The molecule has 6 nitrogen and oxygen atoms in total. The number of carbonyl (C=O) groups is 1. The second-order valence-corrected chi connectivity index (χ2v) is 10.7. The number of hydrogen-bond donors (Lipinski definition) is 1. The van der Waals surface area contributed by atoms with Crippen molar-refractivity contribution < 1.29 is 13.2 Å². The van der Waals surface area contributed by atoms with Crippen LogP contribution in [0.2, 0.25) is 5.02 Å². The van der Waals surface area contributed by atoms with Crippen molar-refractivity contribution in [2.24, 2.45) is 16.8 Å². The summed E-state index contributed by atoms with van der Waals surface area (Å²) < 4.78 is 27.2. The Kier molecular flexibility index (Phi) is 5.27. The van der Waals surface area contributed by atoms with Gasteiger partial charge < -0.3 is 5.32 Å². The molecule has 1 N–H and O–H groups in total. The Morgan fingerprint density at radius 1 is 1.18 bits per heavy atom. The quantitative estimate of drug-likeness (QED) is 0.810. The lowest BCUT2D eigenvalue weighted by atomic mass is 9.82. The van der Waals surface area contributed by atoms with Gasteiger partial charge in [-0.3, -0.25) is 9.79 Å². The summed E-state index contributed by atoms with van der Waals surface area (Å²) in [5, 5.41) is 3.41. The Hall–Kier alpha value is -1.44. The fourth-order valence-corrected chi connectivity index (χ4v) is 6.22. The van der Waals surface area contributed by atoms with Crippen molar-refractivity contribution in [2.45, 2.75) is 55.9 Å². The second-order valence-electron chi connectivity index (χ2n) is 8.30. The molecule has 1 aliphatic carbocycles. The molecule has 4 rings (SSSR count). The molecule has 8 heteroatoms. The van der Waals surface area contributed by atoms with Crippen LogP contribution in [0.25, 0.3) is 0 Å².